The lowest BCUT2D eigenvalue weighted by molar-refractivity contribution is 0.0943. The number of benzene rings is 2. The van der Waals surface area contributed by atoms with Crippen molar-refractivity contribution in [2.75, 3.05) is 5.32 Å². The molecule has 0 fully saturated rings. The maximum Gasteiger partial charge on any atom is 0.255 e. The third kappa shape index (κ3) is 4.98. The summed E-state index contributed by atoms with van der Waals surface area (Å²) < 4.78 is 0. The second-order valence-corrected chi connectivity index (χ2v) is 6.19. The molecule has 0 spiro atoms. The molecule has 0 heterocycles. The van der Waals surface area contributed by atoms with Crippen LogP contribution in [0.3, 0.4) is 0 Å². The number of carbonyl (C=O) groups is 2. The molecule has 0 aliphatic rings. The highest BCUT2D eigenvalue weighted by Crippen LogP contribution is 2.23. The summed E-state index contributed by atoms with van der Waals surface area (Å²) in [5.41, 5.74) is 1.29. The van der Waals surface area contributed by atoms with Crippen LogP contribution in [0.2, 0.25) is 10.0 Å². The number of rotatable bonds is 4. The standard InChI is InChI=1S/C17H16Cl2N2O2/c1-10(2)20-16(22)11-4-3-5-12(6-11)17(23)21-15-8-13(18)7-14(19)9-15/h3-10H,1-2H3,(H,20,22)(H,21,23). The molecule has 2 N–H and O–H groups in total. The fourth-order valence-corrected chi connectivity index (χ4v) is 2.50. The summed E-state index contributed by atoms with van der Waals surface area (Å²) in [5, 5.41) is 6.35. The predicted octanol–water partition coefficient (Wildman–Crippen LogP) is 4.38. The zero-order valence-corrected chi connectivity index (χ0v) is 14.2. The van der Waals surface area contributed by atoms with Crippen molar-refractivity contribution in [3.05, 3.63) is 63.6 Å². The van der Waals surface area contributed by atoms with Gasteiger partial charge in [0.1, 0.15) is 0 Å². The minimum Gasteiger partial charge on any atom is -0.350 e. The van der Waals surface area contributed by atoms with E-state index in [1.165, 1.54) is 0 Å². The summed E-state index contributed by atoms with van der Waals surface area (Å²) in [7, 11) is 0. The monoisotopic (exact) mass is 350 g/mol. The van der Waals surface area contributed by atoms with E-state index in [1.807, 2.05) is 13.8 Å². The lowest BCUT2D eigenvalue weighted by Gasteiger charge is -2.10. The minimum absolute atomic E-state index is 0.0218. The summed E-state index contributed by atoms with van der Waals surface area (Å²) in [6.45, 7) is 3.74. The molecule has 2 amide bonds. The van der Waals surface area contributed by atoms with Gasteiger partial charge in [-0.2, -0.15) is 0 Å². The Balaban J connectivity index is 2.18. The highest BCUT2D eigenvalue weighted by atomic mass is 35.5. The van der Waals surface area contributed by atoms with Crippen molar-refractivity contribution in [3.63, 3.8) is 0 Å². The zero-order chi connectivity index (χ0) is 17.0. The van der Waals surface area contributed by atoms with Crippen LogP contribution >= 0.6 is 23.2 Å². The van der Waals surface area contributed by atoms with Gasteiger partial charge in [0.15, 0.2) is 0 Å². The van der Waals surface area contributed by atoms with Crippen LogP contribution in [0, 0.1) is 0 Å². The van der Waals surface area contributed by atoms with Crippen molar-refractivity contribution < 1.29 is 9.59 Å². The fraction of sp³-hybridized carbons (Fsp3) is 0.176. The molecule has 0 saturated carbocycles. The van der Waals surface area contributed by atoms with Gasteiger partial charge in [0.05, 0.1) is 0 Å². The summed E-state index contributed by atoms with van der Waals surface area (Å²) in [5.74, 6) is -0.567. The Morgan fingerprint density at radius 3 is 2.04 bits per heavy atom. The molecule has 4 nitrogen and oxygen atoms in total. The Labute approximate surface area is 144 Å². The van der Waals surface area contributed by atoms with Crippen LogP contribution in [-0.2, 0) is 0 Å². The zero-order valence-electron chi connectivity index (χ0n) is 12.7. The first-order valence-electron chi connectivity index (χ1n) is 7.03. The van der Waals surface area contributed by atoms with Crippen molar-refractivity contribution in [3.8, 4) is 0 Å². The Morgan fingerprint density at radius 2 is 1.48 bits per heavy atom. The van der Waals surface area contributed by atoms with Crippen LogP contribution in [0.25, 0.3) is 0 Å². The van der Waals surface area contributed by atoms with Gasteiger partial charge in [-0.3, -0.25) is 9.59 Å². The maximum atomic E-state index is 12.3. The predicted molar refractivity (Wildman–Crippen MR) is 93.5 cm³/mol. The quantitative estimate of drug-likeness (QED) is 0.859. The average Bonchev–Trinajstić information content (AvgIpc) is 2.45. The van der Waals surface area contributed by atoms with Gasteiger partial charge >= 0.3 is 0 Å². The van der Waals surface area contributed by atoms with E-state index in [0.717, 1.165) is 0 Å². The van der Waals surface area contributed by atoms with Gasteiger partial charge in [0.25, 0.3) is 11.8 Å². The van der Waals surface area contributed by atoms with Crippen molar-refractivity contribution in [2.45, 2.75) is 19.9 Å². The SMILES string of the molecule is CC(C)NC(=O)c1cccc(C(=O)Nc2cc(Cl)cc(Cl)c2)c1. The number of anilines is 1. The van der Waals surface area contributed by atoms with Crippen LogP contribution in [0.4, 0.5) is 5.69 Å². The molecule has 2 rings (SSSR count). The van der Waals surface area contributed by atoms with Crippen LogP contribution in [0.15, 0.2) is 42.5 Å². The molecule has 6 heteroatoms. The molecule has 0 saturated heterocycles. The van der Waals surface area contributed by atoms with Crippen molar-refractivity contribution >= 4 is 40.7 Å². The number of halogens is 2. The first-order valence-corrected chi connectivity index (χ1v) is 7.79. The van der Waals surface area contributed by atoms with Crippen LogP contribution in [-0.4, -0.2) is 17.9 Å². The van der Waals surface area contributed by atoms with E-state index in [4.69, 9.17) is 23.2 Å². The molecule has 0 aliphatic heterocycles. The van der Waals surface area contributed by atoms with Gasteiger partial charge in [0, 0.05) is 32.9 Å². The normalized spacial score (nSPS) is 10.5. The van der Waals surface area contributed by atoms with Gasteiger partial charge in [-0.15, -0.1) is 0 Å². The van der Waals surface area contributed by atoms with Gasteiger partial charge in [-0.25, -0.2) is 0 Å². The van der Waals surface area contributed by atoms with E-state index in [2.05, 4.69) is 10.6 Å². The summed E-state index contributed by atoms with van der Waals surface area (Å²) >= 11 is 11.8. The molecule has 0 aromatic heterocycles. The summed E-state index contributed by atoms with van der Waals surface area (Å²) in [4.78, 5) is 24.3. The lowest BCUT2D eigenvalue weighted by atomic mass is 10.1. The van der Waals surface area contributed by atoms with Crippen LogP contribution in [0.5, 0.6) is 0 Å². The van der Waals surface area contributed by atoms with E-state index >= 15 is 0 Å². The Morgan fingerprint density at radius 1 is 0.913 bits per heavy atom. The van der Waals surface area contributed by atoms with Gasteiger partial charge < -0.3 is 10.6 Å². The molecule has 120 valence electrons. The van der Waals surface area contributed by atoms with E-state index in [-0.39, 0.29) is 17.9 Å². The molecular weight excluding hydrogens is 335 g/mol. The van der Waals surface area contributed by atoms with Crippen molar-refractivity contribution in [1.82, 2.24) is 5.32 Å². The number of carbonyl (C=O) groups excluding carboxylic acids is 2. The second-order valence-electron chi connectivity index (χ2n) is 5.32. The number of hydrogen-bond acceptors (Lipinski definition) is 2. The third-order valence-corrected chi connectivity index (χ3v) is 3.36. The first kappa shape index (κ1) is 17.3. The molecule has 0 radical (unpaired) electrons. The van der Waals surface area contributed by atoms with E-state index < -0.39 is 0 Å². The van der Waals surface area contributed by atoms with Gasteiger partial charge in [-0.1, -0.05) is 29.3 Å². The van der Waals surface area contributed by atoms with Crippen LogP contribution < -0.4 is 10.6 Å². The largest absolute Gasteiger partial charge is 0.350 e. The fourth-order valence-electron chi connectivity index (χ4n) is 1.98. The van der Waals surface area contributed by atoms with E-state index in [9.17, 15) is 9.59 Å². The first-order chi connectivity index (χ1) is 10.8. The smallest absolute Gasteiger partial charge is 0.255 e. The summed E-state index contributed by atoms with van der Waals surface area (Å²) in [6.07, 6.45) is 0. The summed E-state index contributed by atoms with van der Waals surface area (Å²) in [6, 6.07) is 11.3. The Hall–Kier alpha value is -2.04. The molecule has 0 atom stereocenters. The third-order valence-electron chi connectivity index (χ3n) is 2.93. The molecule has 0 bridgehead atoms. The van der Waals surface area contributed by atoms with Gasteiger partial charge in [0.2, 0.25) is 0 Å². The number of amides is 2. The highest BCUT2D eigenvalue weighted by molar-refractivity contribution is 6.35. The van der Waals surface area contributed by atoms with Crippen molar-refractivity contribution in [1.29, 1.82) is 0 Å². The molecular formula is C17H16Cl2N2O2. The lowest BCUT2D eigenvalue weighted by Crippen LogP contribution is -2.30. The van der Waals surface area contributed by atoms with Crippen LogP contribution in [0.1, 0.15) is 34.6 Å². The van der Waals surface area contributed by atoms with E-state index in [0.29, 0.717) is 26.9 Å². The molecule has 2 aromatic rings. The van der Waals surface area contributed by atoms with Crippen molar-refractivity contribution in [2.24, 2.45) is 0 Å². The minimum atomic E-state index is -0.345. The number of hydrogen-bond donors (Lipinski definition) is 2. The van der Waals surface area contributed by atoms with Gasteiger partial charge in [-0.05, 0) is 50.2 Å². The molecule has 0 aliphatic carbocycles. The maximum absolute atomic E-state index is 12.3. The molecule has 2 aromatic carbocycles. The second kappa shape index (κ2) is 7.49. The Bertz CT molecular complexity index is 725. The highest BCUT2D eigenvalue weighted by Gasteiger charge is 2.12. The number of nitrogens with one attached hydrogen (secondary N) is 2. The van der Waals surface area contributed by atoms with E-state index in [1.54, 1.807) is 42.5 Å². The molecule has 0 unspecified atom stereocenters. The molecule has 23 heavy (non-hydrogen) atoms. The average molecular weight is 351 g/mol. The topological polar surface area (TPSA) is 58.2 Å². The Kier molecular flexibility index (Phi) is 5.64.